The van der Waals surface area contributed by atoms with E-state index in [1.54, 1.807) is 6.20 Å². The minimum atomic E-state index is -0.169. The predicted octanol–water partition coefficient (Wildman–Crippen LogP) is 2.86. The van der Waals surface area contributed by atoms with Crippen molar-refractivity contribution in [3.63, 3.8) is 0 Å². The van der Waals surface area contributed by atoms with Gasteiger partial charge in [-0.1, -0.05) is 32.1 Å². The Morgan fingerprint density at radius 2 is 2.29 bits per heavy atom. The van der Waals surface area contributed by atoms with Gasteiger partial charge in [-0.3, -0.25) is 4.79 Å². The molecule has 0 saturated carbocycles. The Hall–Kier alpha value is -0.460. The fourth-order valence-corrected chi connectivity index (χ4v) is 2.65. The fourth-order valence-electron chi connectivity index (χ4n) is 1.54. The van der Waals surface area contributed by atoms with Crippen molar-refractivity contribution in [2.45, 2.75) is 27.2 Å². The Balaban J connectivity index is 2.61. The first-order valence-electron chi connectivity index (χ1n) is 5.44. The maximum absolute atomic E-state index is 12.0. The van der Waals surface area contributed by atoms with E-state index in [2.05, 4.69) is 47.0 Å². The van der Waals surface area contributed by atoms with E-state index in [4.69, 9.17) is 5.73 Å². The molecule has 0 aliphatic rings. The fraction of sp³-hybridized carbons (Fsp3) is 0.636. The van der Waals surface area contributed by atoms with Gasteiger partial charge in [-0.15, -0.1) is 0 Å². The molecule has 0 aliphatic heterocycles. The molecule has 96 valence electrons. The molecule has 17 heavy (non-hydrogen) atoms. The van der Waals surface area contributed by atoms with Crippen LogP contribution in [-0.2, 0) is 4.79 Å². The summed E-state index contributed by atoms with van der Waals surface area (Å²) in [4.78, 5) is 16.1. The molecule has 1 atom stereocenters. The summed E-state index contributed by atoms with van der Waals surface area (Å²) in [5, 5.41) is 3.40. The topological polar surface area (TPSA) is 68.0 Å². The first kappa shape index (κ1) is 14.6. The van der Waals surface area contributed by atoms with Crippen molar-refractivity contribution >= 4 is 38.3 Å². The minimum absolute atomic E-state index is 0.0516. The zero-order chi connectivity index (χ0) is 13.1. The molecule has 0 aliphatic carbocycles. The lowest BCUT2D eigenvalue weighted by molar-refractivity contribution is -0.120. The molecule has 0 saturated heterocycles. The Kier molecular flexibility index (Phi) is 5.09. The summed E-state index contributed by atoms with van der Waals surface area (Å²) in [6, 6.07) is 0. The molecule has 3 N–H and O–H groups in total. The summed E-state index contributed by atoms with van der Waals surface area (Å²) in [7, 11) is 0. The van der Waals surface area contributed by atoms with Crippen molar-refractivity contribution in [1.29, 1.82) is 0 Å². The number of halogens is 1. The number of amides is 1. The van der Waals surface area contributed by atoms with E-state index in [0.29, 0.717) is 11.7 Å². The molecule has 1 aromatic heterocycles. The van der Waals surface area contributed by atoms with E-state index < -0.39 is 0 Å². The number of carbonyl (C=O) groups is 1. The minimum Gasteiger partial charge on any atom is -0.330 e. The Morgan fingerprint density at radius 3 is 2.71 bits per heavy atom. The van der Waals surface area contributed by atoms with E-state index >= 15 is 0 Å². The highest BCUT2D eigenvalue weighted by Gasteiger charge is 2.24. The van der Waals surface area contributed by atoms with Crippen LogP contribution in [0, 0.1) is 11.3 Å². The predicted molar refractivity (Wildman–Crippen MR) is 75.1 cm³/mol. The van der Waals surface area contributed by atoms with Gasteiger partial charge in [0.1, 0.15) is 0 Å². The van der Waals surface area contributed by atoms with Crippen LogP contribution in [0.4, 0.5) is 5.13 Å². The number of anilines is 1. The second-order valence-electron chi connectivity index (χ2n) is 5.16. The maximum Gasteiger partial charge on any atom is 0.230 e. The number of aromatic nitrogens is 1. The Morgan fingerprint density at radius 1 is 1.65 bits per heavy atom. The first-order valence-corrected chi connectivity index (χ1v) is 7.05. The zero-order valence-corrected chi connectivity index (χ0v) is 12.7. The molecule has 0 radical (unpaired) electrons. The van der Waals surface area contributed by atoms with Gasteiger partial charge < -0.3 is 11.1 Å². The average Bonchev–Trinajstić information content (AvgIpc) is 2.59. The number of thiazole rings is 1. The van der Waals surface area contributed by atoms with E-state index in [9.17, 15) is 4.79 Å². The largest absolute Gasteiger partial charge is 0.330 e. The molecule has 0 spiro atoms. The van der Waals surface area contributed by atoms with Crippen molar-refractivity contribution < 1.29 is 4.79 Å². The third-order valence-corrected chi connectivity index (χ3v) is 3.61. The number of rotatable bonds is 4. The van der Waals surface area contributed by atoms with Gasteiger partial charge in [0.15, 0.2) is 5.13 Å². The third kappa shape index (κ3) is 5.14. The van der Waals surface area contributed by atoms with E-state index in [1.807, 2.05) is 0 Å². The van der Waals surface area contributed by atoms with Gasteiger partial charge in [-0.05, 0) is 27.8 Å². The summed E-state index contributed by atoms with van der Waals surface area (Å²) in [6.45, 7) is 6.66. The van der Waals surface area contributed by atoms with E-state index in [-0.39, 0.29) is 17.2 Å². The molecule has 0 fully saturated rings. The summed E-state index contributed by atoms with van der Waals surface area (Å²) < 4.78 is 0.896. The molecule has 1 heterocycles. The van der Waals surface area contributed by atoms with E-state index in [0.717, 1.165) is 10.2 Å². The summed E-state index contributed by atoms with van der Waals surface area (Å²) in [5.41, 5.74) is 5.74. The highest BCUT2D eigenvalue weighted by molar-refractivity contribution is 9.11. The lowest BCUT2D eigenvalue weighted by Crippen LogP contribution is -2.32. The second-order valence-corrected chi connectivity index (χ2v) is 7.57. The van der Waals surface area contributed by atoms with Crippen molar-refractivity contribution in [3.8, 4) is 0 Å². The standard InChI is InChI=1S/C11H18BrN3OS/c1-11(2,3)4-7(5-13)9(16)15-10-14-6-8(12)17-10/h6-7H,4-5,13H2,1-3H3,(H,14,15,16). The number of carbonyl (C=O) groups excluding carboxylic acids is 1. The smallest absolute Gasteiger partial charge is 0.230 e. The SMILES string of the molecule is CC(C)(C)CC(CN)C(=O)Nc1ncc(Br)s1. The van der Waals surface area contributed by atoms with Crippen LogP contribution in [0.1, 0.15) is 27.2 Å². The van der Waals surface area contributed by atoms with Gasteiger partial charge in [0.25, 0.3) is 0 Å². The molecule has 1 rings (SSSR count). The van der Waals surface area contributed by atoms with Crippen molar-refractivity contribution in [1.82, 2.24) is 4.98 Å². The average molecular weight is 320 g/mol. The van der Waals surface area contributed by atoms with Crippen LogP contribution in [0.3, 0.4) is 0 Å². The first-order chi connectivity index (χ1) is 7.81. The highest BCUT2D eigenvalue weighted by atomic mass is 79.9. The van der Waals surface area contributed by atoms with Crippen molar-refractivity contribution in [2.24, 2.45) is 17.1 Å². The second kappa shape index (κ2) is 5.93. The number of hydrogen-bond acceptors (Lipinski definition) is 4. The molecule has 0 aromatic carbocycles. The molecule has 6 heteroatoms. The van der Waals surface area contributed by atoms with Crippen LogP contribution in [0.2, 0.25) is 0 Å². The van der Waals surface area contributed by atoms with Gasteiger partial charge >= 0.3 is 0 Å². The van der Waals surface area contributed by atoms with Gasteiger partial charge in [-0.2, -0.15) is 0 Å². The van der Waals surface area contributed by atoms with Crippen LogP contribution in [0.15, 0.2) is 9.98 Å². The normalized spacial score (nSPS) is 13.5. The Bertz CT molecular complexity index is 386. The van der Waals surface area contributed by atoms with E-state index in [1.165, 1.54) is 11.3 Å². The Labute approximate surface area is 114 Å². The monoisotopic (exact) mass is 319 g/mol. The van der Waals surface area contributed by atoms with Crippen LogP contribution >= 0.6 is 27.3 Å². The maximum atomic E-state index is 12.0. The van der Waals surface area contributed by atoms with Crippen molar-refractivity contribution in [2.75, 3.05) is 11.9 Å². The number of hydrogen-bond donors (Lipinski definition) is 2. The van der Waals surface area contributed by atoms with Gasteiger partial charge in [0.2, 0.25) is 5.91 Å². The summed E-state index contributed by atoms with van der Waals surface area (Å²) in [5.74, 6) is -0.220. The lowest BCUT2D eigenvalue weighted by Gasteiger charge is -2.23. The van der Waals surface area contributed by atoms with Crippen LogP contribution < -0.4 is 11.1 Å². The third-order valence-electron chi connectivity index (χ3n) is 2.22. The van der Waals surface area contributed by atoms with Crippen LogP contribution in [0.25, 0.3) is 0 Å². The van der Waals surface area contributed by atoms with Gasteiger partial charge in [-0.25, -0.2) is 4.98 Å². The molecule has 1 unspecified atom stereocenters. The van der Waals surface area contributed by atoms with Gasteiger partial charge in [0.05, 0.1) is 15.9 Å². The number of nitrogens with one attached hydrogen (secondary N) is 1. The summed E-state index contributed by atoms with van der Waals surface area (Å²) >= 11 is 4.70. The molecule has 1 aromatic rings. The molecular formula is C11H18BrN3OS. The number of nitrogens with zero attached hydrogens (tertiary/aromatic N) is 1. The highest BCUT2D eigenvalue weighted by Crippen LogP contribution is 2.27. The lowest BCUT2D eigenvalue weighted by atomic mass is 9.84. The van der Waals surface area contributed by atoms with Crippen LogP contribution in [-0.4, -0.2) is 17.4 Å². The number of nitrogens with two attached hydrogens (primary N) is 1. The molecular weight excluding hydrogens is 302 g/mol. The summed E-state index contributed by atoms with van der Waals surface area (Å²) in [6.07, 6.45) is 2.43. The van der Waals surface area contributed by atoms with Crippen molar-refractivity contribution in [3.05, 3.63) is 9.98 Å². The quantitative estimate of drug-likeness (QED) is 0.896. The molecule has 4 nitrogen and oxygen atoms in total. The molecule has 1 amide bonds. The molecule has 0 bridgehead atoms. The van der Waals surface area contributed by atoms with Crippen LogP contribution in [0.5, 0.6) is 0 Å². The van der Waals surface area contributed by atoms with Gasteiger partial charge in [0, 0.05) is 6.54 Å². The zero-order valence-electron chi connectivity index (χ0n) is 10.3.